The Labute approximate surface area is 148 Å². The number of amides is 1. The SMILES string of the molecule is CCN(C)c1ccc(Cn2cc(C(=O)NS(=O)[O-])nc2C)c(Cl)c1. The van der Waals surface area contributed by atoms with Gasteiger partial charge in [0.15, 0.2) is 0 Å². The molecular formula is C15H18ClN4O3S-. The molecule has 0 saturated carbocycles. The van der Waals surface area contributed by atoms with Gasteiger partial charge in [0, 0.05) is 41.8 Å². The number of aromatic nitrogens is 2. The van der Waals surface area contributed by atoms with E-state index >= 15 is 0 Å². The van der Waals surface area contributed by atoms with Crippen molar-refractivity contribution in [3.8, 4) is 0 Å². The number of aryl methyl sites for hydroxylation is 1. The molecular weight excluding hydrogens is 352 g/mol. The maximum Gasteiger partial charge on any atom is 0.282 e. The summed E-state index contributed by atoms with van der Waals surface area (Å²) in [7, 11) is 1.98. The Kier molecular flexibility index (Phi) is 5.98. The normalized spacial score (nSPS) is 12.0. The summed E-state index contributed by atoms with van der Waals surface area (Å²) in [6, 6.07) is 5.79. The Morgan fingerprint density at radius 1 is 1.50 bits per heavy atom. The van der Waals surface area contributed by atoms with E-state index in [1.54, 1.807) is 16.2 Å². The second-order valence-corrected chi connectivity index (χ2v) is 6.34. The molecule has 0 aliphatic carbocycles. The van der Waals surface area contributed by atoms with Gasteiger partial charge < -0.3 is 14.0 Å². The number of carbonyl (C=O) groups excluding carboxylic acids is 1. The third-order valence-corrected chi connectivity index (χ3v) is 4.38. The summed E-state index contributed by atoms with van der Waals surface area (Å²) in [4.78, 5) is 17.8. The van der Waals surface area contributed by atoms with Crippen molar-refractivity contribution < 1.29 is 13.6 Å². The van der Waals surface area contributed by atoms with Gasteiger partial charge in [0.25, 0.3) is 5.91 Å². The molecule has 0 saturated heterocycles. The lowest BCUT2D eigenvalue weighted by Gasteiger charge is -2.18. The van der Waals surface area contributed by atoms with E-state index in [-0.39, 0.29) is 5.69 Å². The quantitative estimate of drug-likeness (QED) is 0.785. The van der Waals surface area contributed by atoms with Gasteiger partial charge in [0.1, 0.15) is 11.5 Å². The van der Waals surface area contributed by atoms with Gasteiger partial charge >= 0.3 is 0 Å². The van der Waals surface area contributed by atoms with Crippen LogP contribution in [0, 0.1) is 6.92 Å². The number of benzene rings is 1. The first-order chi connectivity index (χ1) is 11.3. The fourth-order valence-electron chi connectivity index (χ4n) is 2.17. The van der Waals surface area contributed by atoms with Gasteiger partial charge in [-0.05, 0) is 31.5 Å². The van der Waals surface area contributed by atoms with Crippen LogP contribution in [0.5, 0.6) is 0 Å². The largest absolute Gasteiger partial charge is 0.755 e. The first kappa shape index (κ1) is 18.4. The number of hydrogen-bond donors (Lipinski definition) is 1. The summed E-state index contributed by atoms with van der Waals surface area (Å²) in [5.41, 5.74) is 1.94. The van der Waals surface area contributed by atoms with Gasteiger partial charge in [-0.2, -0.15) is 0 Å². The van der Waals surface area contributed by atoms with Crippen LogP contribution in [0.2, 0.25) is 5.02 Å². The lowest BCUT2D eigenvalue weighted by molar-refractivity contribution is 0.0976. The average Bonchev–Trinajstić information content (AvgIpc) is 2.89. The van der Waals surface area contributed by atoms with E-state index in [2.05, 4.69) is 16.8 Å². The van der Waals surface area contributed by atoms with E-state index in [0.717, 1.165) is 17.8 Å². The van der Waals surface area contributed by atoms with Gasteiger partial charge in [-0.25, -0.2) is 4.98 Å². The maximum atomic E-state index is 11.7. The first-order valence-corrected chi connectivity index (χ1v) is 8.70. The zero-order chi connectivity index (χ0) is 17.9. The molecule has 1 aromatic carbocycles. The van der Waals surface area contributed by atoms with E-state index in [4.69, 9.17) is 11.6 Å². The molecule has 0 spiro atoms. The molecule has 24 heavy (non-hydrogen) atoms. The summed E-state index contributed by atoms with van der Waals surface area (Å²) in [6.07, 6.45) is 1.50. The molecule has 1 heterocycles. The van der Waals surface area contributed by atoms with Crippen LogP contribution >= 0.6 is 11.6 Å². The van der Waals surface area contributed by atoms with Crippen LogP contribution in [0.15, 0.2) is 24.4 Å². The molecule has 0 bridgehead atoms. The van der Waals surface area contributed by atoms with Gasteiger partial charge in [0.05, 0.1) is 6.54 Å². The Bertz CT molecular complexity index is 778. The molecule has 1 unspecified atom stereocenters. The number of hydrogen-bond acceptors (Lipinski definition) is 5. The second kappa shape index (κ2) is 7.78. The smallest absolute Gasteiger partial charge is 0.282 e. The van der Waals surface area contributed by atoms with Gasteiger partial charge in [-0.15, -0.1) is 0 Å². The van der Waals surface area contributed by atoms with Crippen molar-refractivity contribution in [2.75, 3.05) is 18.5 Å². The van der Waals surface area contributed by atoms with Crippen molar-refractivity contribution in [1.82, 2.24) is 14.3 Å². The molecule has 1 atom stereocenters. The predicted molar refractivity (Wildman–Crippen MR) is 92.8 cm³/mol. The van der Waals surface area contributed by atoms with Crippen molar-refractivity contribution >= 4 is 34.5 Å². The lowest BCUT2D eigenvalue weighted by atomic mass is 10.2. The molecule has 9 heteroatoms. The summed E-state index contributed by atoms with van der Waals surface area (Å²) in [5, 5.41) is 0.618. The second-order valence-electron chi connectivity index (χ2n) is 5.26. The fraction of sp³-hybridized carbons (Fsp3) is 0.333. The minimum atomic E-state index is -2.67. The molecule has 2 aromatic rings. The van der Waals surface area contributed by atoms with Crippen molar-refractivity contribution in [3.05, 3.63) is 46.5 Å². The van der Waals surface area contributed by atoms with Crippen LogP contribution < -0.4 is 9.62 Å². The topological polar surface area (TPSA) is 90.3 Å². The van der Waals surface area contributed by atoms with Crippen LogP contribution in [-0.4, -0.2) is 37.8 Å². The maximum absolute atomic E-state index is 11.7. The zero-order valence-corrected chi connectivity index (χ0v) is 15.1. The van der Waals surface area contributed by atoms with Crippen molar-refractivity contribution in [2.24, 2.45) is 0 Å². The van der Waals surface area contributed by atoms with Crippen molar-refractivity contribution in [1.29, 1.82) is 0 Å². The number of rotatable bonds is 6. The van der Waals surface area contributed by atoms with Crippen LogP contribution in [0.1, 0.15) is 28.8 Å². The standard InChI is InChI=1S/C15H19ClN4O3S/c1-4-19(3)12-6-5-11(13(16)7-12)8-20-9-14(17-10(20)2)15(21)18-24(22)23/h5-7,9H,4,8H2,1-3H3,(H,18,21)(H,22,23)/p-1. The van der Waals surface area contributed by atoms with E-state index < -0.39 is 17.2 Å². The van der Waals surface area contributed by atoms with Crippen molar-refractivity contribution in [2.45, 2.75) is 20.4 Å². The molecule has 130 valence electrons. The Morgan fingerprint density at radius 3 is 2.79 bits per heavy atom. The summed E-state index contributed by atoms with van der Waals surface area (Å²) < 4.78 is 24.6. The molecule has 2 rings (SSSR count). The van der Waals surface area contributed by atoms with Crippen LogP contribution in [0.25, 0.3) is 0 Å². The lowest BCUT2D eigenvalue weighted by Crippen LogP contribution is -2.25. The average molecular weight is 370 g/mol. The first-order valence-electron chi connectivity index (χ1n) is 7.25. The van der Waals surface area contributed by atoms with Gasteiger partial charge in [0.2, 0.25) is 0 Å². The van der Waals surface area contributed by atoms with Crippen LogP contribution in [-0.2, 0) is 17.8 Å². The molecule has 1 amide bonds. The predicted octanol–water partition coefficient (Wildman–Crippen LogP) is 1.87. The van der Waals surface area contributed by atoms with E-state index in [9.17, 15) is 13.6 Å². The third-order valence-electron chi connectivity index (χ3n) is 3.68. The van der Waals surface area contributed by atoms with E-state index in [1.807, 2.05) is 25.2 Å². The molecule has 0 aliphatic heterocycles. The summed E-state index contributed by atoms with van der Waals surface area (Å²) in [6.45, 7) is 5.09. The number of nitrogens with one attached hydrogen (secondary N) is 1. The summed E-state index contributed by atoms with van der Waals surface area (Å²) >= 11 is 3.68. The molecule has 1 aromatic heterocycles. The number of carbonyl (C=O) groups is 1. The van der Waals surface area contributed by atoms with Gasteiger partial charge in [-0.3, -0.25) is 13.7 Å². The van der Waals surface area contributed by atoms with E-state index in [0.29, 0.717) is 17.4 Å². The molecule has 0 radical (unpaired) electrons. The highest BCUT2D eigenvalue weighted by atomic mass is 35.5. The minimum absolute atomic E-state index is 0.0372. The Morgan fingerprint density at radius 2 is 2.21 bits per heavy atom. The number of nitrogens with zero attached hydrogens (tertiary/aromatic N) is 3. The zero-order valence-electron chi connectivity index (χ0n) is 13.6. The highest BCUT2D eigenvalue weighted by Gasteiger charge is 2.13. The minimum Gasteiger partial charge on any atom is -0.755 e. The number of imidazole rings is 1. The Balaban J connectivity index is 2.21. The molecule has 0 fully saturated rings. The number of anilines is 1. The monoisotopic (exact) mass is 369 g/mol. The van der Waals surface area contributed by atoms with Crippen molar-refractivity contribution in [3.63, 3.8) is 0 Å². The Hall–Kier alpha value is -1.90. The summed E-state index contributed by atoms with van der Waals surface area (Å²) in [5.74, 6) is -0.182. The molecule has 7 nitrogen and oxygen atoms in total. The third kappa shape index (κ3) is 4.34. The van der Waals surface area contributed by atoms with Gasteiger partial charge in [-0.1, -0.05) is 17.7 Å². The molecule has 0 aliphatic rings. The highest BCUT2D eigenvalue weighted by Crippen LogP contribution is 2.24. The highest BCUT2D eigenvalue weighted by molar-refractivity contribution is 7.77. The van der Waals surface area contributed by atoms with E-state index in [1.165, 1.54) is 6.20 Å². The van der Waals surface area contributed by atoms with Crippen LogP contribution in [0.4, 0.5) is 5.69 Å². The fourth-order valence-corrected chi connectivity index (χ4v) is 2.66. The molecule has 1 N–H and O–H groups in total. The number of halogens is 1. The van der Waals surface area contributed by atoms with Crippen LogP contribution in [0.3, 0.4) is 0 Å².